The van der Waals surface area contributed by atoms with Crippen molar-refractivity contribution in [1.82, 2.24) is 15.4 Å². The normalized spacial score (nSPS) is 12.1. The van der Waals surface area contributed by atoms with Gasteiger partial charge in [-0.3, -0.25) is 9.59 Å². The largest absolute Gasteiger partial charge is 0.357 e. The van der Waals surface area contributed by atoms with Gasteiger partial charge in [-0.15, -0.1) is 0 Å². The summed E-state index contributed by atoms with van der Waals surface area (Å²) in [5, 5.41) is 6.54. The molecule has 0 saturated carbocycles. The van der Waals surface area contributed by atoms with E-state index in [4.69, 9.17) is 4.52 Å². The van der Waals surface area contributed by atoms with Crippen molar-refractivity contribution in [2.24, 2.45) is 5.92 Å². The van der Waals surface area contributed by atoms with Crippen molar-refractivity contribution in [2.45, 2.75) is 58.0 Å². The van der Waals surface area contributed by atoms with Crippen LogP contribution in [0.15, 0.2) is 88.3 Å². The quantitative estimate of drug-likeness (QED) is 0.221. The first-order valence-electron chi connectivity index (χ1n) is 14.2. The second kappa shape index (κ2) is 13.7. The zero-order chi connectivity index (χ0) is 31.1. The Hall–Kier alpha value is -4.44. The number of hydrogen-bond donors (Lipinski definition) is 2. The molecular weight excluding hydrogens is 564 g/mol. The highest BCUT2D eigenvalue weighted by Gasteiger charge is 2.32. The van der Waals surface area contributed by atoms with Crippen molar-refractivity contribution in [3.05, 3.63) is 101 Å². The van der Waals surface area contributed by atoms with Crippen molar-refractivity contribution in [3.8, 4) is 11.1 Å². The number of benzene rings is 3. The number of anilines is 1. The molecule has 0 aliphatic rings. The van der Waals surface area contributed by atoms with E-state index in [2.05, 4.69) is 15.2 Å². The van der Waals surface area contributed by atoms with Crippen LogP contribution in [-0.2, 0) is 32.6 Å². The van der Waals surface area contributed by atoms with Gasteiger partial charge < -0.3 is 14.7 Å². The number of aromatic nitrogens is 1. The minimum Gasteiger partial charge on any atom is -0.357 e. The Morgan fingerprint density at radius 3 is 2.16 bits per heavy atom. The number of amides is 2. The van der Waals surface area contributed by atoms with Gasteiger partial charge in [-0.1, -0.05) is 91.8 Å². The summed E-state index contributed by atoms with van der Waals surface area (Å²) in [6.45, 7) is 7.55. The first-order chi connectivity index (χ1) is 20.5. The second-order valence-electron chi connectivity index (χ2n) is 10.8. The van der Waals surface area contributed by atoms with Crippen LogP contribution in [-0.4, -0.2) is 43.4 Å². The van der Waals surface area contributed by atoms with E-state index in [-0.39, 0.29) is 41.5 Å². The Morgan fingerprint density at radius 2 is 1.56 bits per heavy atom. The van der Waals surface area contributed by atoms with E-state index in [1.807, 2.05) is 68.4 Å². The van der Waals surface area contributed by atoms with Gasteiger partial charge in [-0.25, -0.2) is 13.1 Å². The van der Waals surface area contributed by atoms with E-state index in [1.165, 1.54) is 6.07 Å². The highest BCUT2D eigenvalue weighted by atomic mass is 32.2. The summed E-state index contributed by atoms with van der Waals surface area (Å²) in [5.41, 5.74) is 4.28. The van der Waals surface area contributed by atoms with Gasteiger partial charge in [0.05, 0.1) is 10.6 Å². The van der Waals surface area contributed by atoms with E-state index < -0.39 is 16.1 Å². The number of likely N-dealkylation sites (N-methyl/N-ethyl adjacent to an activating group) is 1. The maximum absolute atomic E-state index is 13.6. The van der Waals surface area contributed by atoms with Crippen LogP contribution in [0.25, 0.3) is 11.1 Å². The Kier molecular flexibility index (Phi) is 10.0. The second-order valence-corrected chi connectivity index (χ2v) is 12.5. The van der Waals surface area contributed by atoms with Crippen molar-refractivity contribution >= 4 is 27.7 Å². The third-order valence-electron chi connectivity index (χ3n) is 7.45. The predicted molar refractivity (Wildman–Crippen MR) is 167 cm³/mol. The van der Waals surface area contributed by atoms with Gasteiger partial charge in [0.15, 0.2) is 0 Å². The maximum Gasteiger partial charge on any atom is 0.264 e. The molecule has 4 aromatic rings. The molecule has 43 heavy (non-hydrogen) atoms. The summed E-state index contributed by atoms with van der Waals surface area (Å²) in [6, 6.07) is 23.2. The monoisotopic (exact) mass is 602 g/mol. The van der Waals surface area contributed by atoms with Crippen LogP contribution in [0.2, 0.25) is 0 Å². The van der Waals surface area contributed by atoms with E-state index in [1.54, 1.807) is 44.0 Å². The first kappa shape index (κ1) is 31.5. The minimum absolute atomic E-state index is 0.0792. The average molecular weight is 603 g/mol. The summed E-state index contributed by atoms with van der Waals surface area (Å²) < 4.78 is 34.4. The van der Waals surface area contributed by atoms with Crippen molar-refractivity contribution in [3.63, 3.8) is 0 Å². The van der Waals surface area contributed by atoms with Gasteiger partial charge in [0.2, 0.25) is 17.7 Å². The molecule has 0 spiro atoms. The van der Waals surface area contributed by atoms with E-state index in [0.29, 0.717) is 28.8 Å². The zero-order valence-corrected chi connectivity index (χ0v) is 25.9. The zero-order valence-electron chi connectivity index (χ0n) is 25.1. The minimum atomic E-state index is -3.99. The molecule has 1 atom stereocenters. The van der Waals surface area contributed by atoms with Crippen LogP contribution in [0.1, 0.15) is 42.7 Å². The third-order valence-corrected chi connectivity index (χ3v) is 8.84. The standard InChI is InChI=1S/C33H38N4O5S/c1-22(2)31(32(39)34-5)37(30(38)20-17-25-11-7-6-8-12-25)21-26-15-18-27(19-16-26)28-13-9-10-14-29(28)43(40,41)36-33-23(3)24(4)35-42-33/h6-16,18-19,22,31,36H,17,20-21H2,1-5H3,(H,34,39)/t31-/m0/s1. The lowest BCUT2D eigenvalue weighted by molar-refractivity contribution is -0.142. The van der Waals surface area contributed by atoms with Gasteiger partial charge in [0, 0.05) is 31.1 Å². The fraction of sp³-hybridized carbons (Fsp3) is 0.303. The Balaban J connectivity index is 1.60. The number of nitrogens with one attached hydrogen (secondary N) is 2. The number of carbonyl (C=O) groups excluding carboxylic acids is 2. The molecule has 9 nitrogen and oxygen atoms in total. The molecule has 2 amide bonds. The molecule has 10 heteroatoms. The number of aryl methyl sites for hydroxylation is 2. The van der Waals surface area contributed by atoms with E-state index >= 15 is 0 Å². The lowest BCUT2D eigenvalue weighted by atomic mass is 9.98. The molecule has 1 heterocycles. The summed E-state index contributed by atoms with van der Waals surface area (Å²) in [7, 11) is -2.41. The van der Waals surface area contributed by atoms with Crippen LogP contribution in [0.5, 0.6) is 0 Å². The van der Waals surface area contributed by atoms with Crippen LogP contribution < -0.4 is 10.0 Å². The molecule has 226 valence electrons. The highest BCUT2D eigenvalue weighted by Crippen LogP contribution is 2.30. The van der Waals surface area contributed by atoms with Crippen LogP contribution >= 0.6 is 0 Å². The lowest BCUT2D eigenvalue weighted by Gasteiger charge is -2.33. The van der Waals surface area contributed by atoms with E-state index in [0.717, 1.165) is 11.1 Å². The molecule has 1 aromatic heterocycles. The molecule has 0 aliphatic heterocycles. The Labute approximate surface area is 253 Å². The van der Waals surface area contributed by atoms with Crippen molar-refractivity contribution < 1.29 is 22.5 Å². The van der Waals surface area contributed by atoms with Crippen molar-refractivity contribution in [1.29, 1.82) is 0 Å². The molecule has 0 saturated heterocycles. The van der Waals surface area contributed by atoms with Gasteiger partial charge >= 0.3 is 0 Å². The summed E-state index contributed by atoms with van der Waals surface area (Å²) >= 11 is 0. The molecule has 0 unspecified atom stereocenters. The average Bonchev–Trinajstić information content (AvgIpc) is 3.31. The molecule has 0 fully saturated rings. The summed E-state index contributed by atoms with van der Waals surface area (Å²) in [5.74, 6) is -0.365. The maximum atomic E-state index is 13.6. The fourth-order valence-corrected chi connectivity index (χ4v) is 6.22. The van der Waals surface area contributed by atoms with Crippen molar-refractivity contribution in [2.75, 3.05) is 11.8 Å². The predicted octanol–water partition coefficient (Wildman–Crippen LogP) is 5.49. The van der Waals surface area contributed by atoms with Crippen LogP contribution in [0.4, 0.5) is 5.88 Å². The van der Waals surface area contributed by atoms with Crippen LogP contribution in [0.3, 0.4) is 0 Å². The molecule has 0 bridgehead atoms. The summed E-state index contributed by atoms with van der Waals surface area (Å²) in [4.78, 5) is 28.2. The third kappa shape index (κ3) is 7.50. The van der Waals surface area contributed by atoms with E-state index in [9.17, 15) is 18.0 Å². The Morgan fingerprint density at radius 1 is 0.907 bits per heavy atom. The van der Waals surface area contributed by atoms with Gasteiger partial charge in [-0.2, -0.15) is 0 Å². The number of sulfonamides is 1. The fourth-order valence-electron chi connectivity index (χ4n) is 4.95. The highest BCUT2D eigenvalue weighted by molar-refractivity contribution is 7.92. The van der Waals surface area contributed by atoms with Gasteiger partial charge in [0.25, 0.3) is 10.0 Å². The number of rotatable bonds is 12. The topological polar surface area (TPSA) is 122 Å². The summed E-state index contributed by atoms with van der Waals surface area (Å²) in [6.07, 6.45) is 0.838. The Bertz CT molecular complexity index is 1670. The number of hydrogen-bond acceptors (Lipinski definition) is 6. The SMILES string of the molecule is CNC(=O)[C@H](C(C)C)N(Cc1ccc(-c2ccccc2S(=O)(=O)Nc2onc(C)c2C)cc1)C(=O)CCc1ccccc1. The number of nitrogens with zero attached hydrogens (tertiary/aromatic N) is 2. The molecule has 0 aliphatic carbocycles. The smallest absolute Gasteiger partial charge is 0.264 e. The number of carbonyl (C=O) groups is 2. The van der Waals surface area contributed by atoms with Crippen LogP contribution in [0, 0.1) is 19.8 Å². The molecule has 0 radical (unpaired) electrons. The molecule has 2 N–H and O–H groups in total. The lowest BCUT2D eigenvalue weighted by Crippen LogP contribution is -2.51. The molecule has 4 rings (SSSR count). The van der Waals surface area contributed by atoms with Gasteiger partial charge in [0.1, 0.15) is 6.04 Å². The first-order valence-corrected chi connectivity index (χ1v) is 15.7. The van der Waals surface area contributed by atoms with Gasteiger partial charge in [-0.05, 0) is 48.9 Å². The molecule has 3 aromatic carbocycles. The molecular formula is C33H38N4O5S.